The molecule has 0 bridgehead atoms. The summed E-state index contributed by atoms with van der Waals surface area (Å²) in [5.74, 6) is 0.329. The summed E-state index contributed by atoms with van der Waals surface area (Å²) in [6.07, 6.45) is 1.87. The average molecular weight is 429 g/mol. The Balaban J connectivity index is 1.80. The van der Waals surface area contributed by atoms with E-state index in [4.69, 9.17) is 11.6 Å². The molecule has 1 aliphatic heterocycles. The second-order valence-corrected chi connectivity index (χ2v) is 10.7. The summed E-state index contributed by atoms with van der Waals surface area (Å²) in [7, 11) is -7.44. The predicted molar refractivity (Wildman–Crippen MR) is 106 cm³/mol. The van der Waals surface area contributed by atoms with Crippen LogP contribution in [0.15, 0.2) is 58.3 Å². The van der Waals surface area contributed by atoms with Crippen molar-refractivity contribution in [3.05, 3.63) is 53.6 Å². The number of benzene rings is 2. The number of piperidine rings is 1. The van der Waals surface area contributed by atoms with Gasteiger partial charge in [0.15, 0.2) is 0 Å². The van der Waals surface area contributed by atoms with E-state index in [1.54, 1.807) is 12.1 Å². The third-order valence-corrected chi connectivity index (χ3v) is 8.25. The van der Waals surface area contributed by atoms with E-state index in [0.29, 0.717) is 19.0 Å². The fourth-order valence-corrected chi connectivity index (χ4v) is 6.26. The molecule has 2 aromatic carbocycles. The highest BCUT2D eigenvalue weighted by Crippen LogP contribution is 2.26. The van der Waals surface area contributed by atoms with Crippen molar-refractivity contribution in [2.24, 2.45) is 5.92 Å². The summed E-state index contributed by atoms with van der Waals surface area (Å²) in [5.41, 5.74) is 0.265. The lowest BCUT2D eigenvalue weighted by Crippen LogP contribution is -2.39. The van der Waals surface area contributed by atoms with Gasteiger partial charge in [-0.15, -0.1) is 0 Å². The van der Waals surface area contributed by atoms with Crippen LogP contribution < -0.4 is 4.72 Å². The van der Waals surface area contributed by atoms with Gasteiger partial charge in [0.2, 0.25) is 10.0 Å². The summed E-state index contributed by atoms with van der Waals surface area (Å²) in [6, 6.07) is 11.8. The molecular formula is C18H21ClN2O4S2. The molecule has 1 unspecified atom stereocenters. The Bertz CT molecular complexity index is 1020. The van der Waals surface area contributed by atoms with E-state index in [-0.39, 0.29) is 20.5 Å². The Morgan fingerprint density at radius 2 is 1.70 bits per heavy atom. The maximum atomic E-state index is 12.8. The first-order valence-corrected chi connectivity index (χ1v) is 11.9. The van der Waals surface area contributed by atoms with Gasteiger partial charge in [0, 0.05) is 18.8 Å². The Morgan fingerprint density at radius 1 is 1.04 bits per heavy atom. The van der Waals surface area contributed by atoms with Gasteiger partial charge >= 0.3 is 0 Å². The number of rotatable bonds is 5. The number of nitrogens with zero attached hydrogens (tertiary/aromatic N) is 1. The van der Waals surface area contributed by atoms with Gasteiger partial charge in [-0.3, -0.25) is 4.72 Å². The number of anilines is 1. The molecule has 27 heavy (non-hydrogen) atoms. The van der Waals surface area contributed by atoms with Gasteiger partial charge in [-0.1, -0.05) is 30.7 Å². The molecule has 1 N–H and O–H groups in total. The lowest BCUT2D eigenvalue weighted by molar-refractivity contribution is 0.281. The van der Waals surface area contributed by atoms with E-state index < -0.39 is 20.0 Å². The molecule has 3 rings (SSSR count). The first-order valence-electron chi connectivity index (χ1n) is 8.58. The van der Waals surface area contributed by atoms with Crippen LogP contribution in [0.5, 0.6) is 0 Å². The van der Waals surface area contributed by atoms with Crippen molar-refractivity contribution in [2.45, 2.75) is 29.6 Å². The maximum absolute atomic E-state index is 12.8. The number of nitrogens with one attached hydrogen (secondary N) is 1. The molecular weight excluding hydrogens is 408 g/mol. The number of halogens is 1. The van der Waals surface area contributed by atoms with Gasteiger partial charge in [0.05, 0.1) is 9.92 Å². The van der Waals surface area contributed by atoms with Crippen molar-refractivity contribution in [2.75, 3.05) is 17.8 Å². The van der Waals surface area contributed by atoms with Gasteiger partial charge in [0.1, 0.15) is 4.90 Å². The Morgan fingerprint density at radius 3 is 2.33 bits per heavy atom. The van der Waals surface area contributed by atoms with E-state index >= 15 is 0 Å². The molecule has 1 aliphatic rings. The smallest absolute Gasteiger partial charge is 0.263 e. The molecule has 1 heterocycles. The highest BCUT2D eigenvalue weighted by Gasteiger charge is 2.28. The van der Waals surface area contributed by atoms with Gasteiger partial charge in [-0.2, -0.15) is 4.31 Å². The van der Waals surface area contributed by atoms with Crippen LogP contribution in [-0.4, -0.2) is 34.2 Å². The van der Waals surface area contributed by atoms with E-state index in [9.17, 15) is 16.8 Å². The van der Waals surface area contributed by atoms with Crippen molar-refractivity contribution < 1.29 is 16.8 Å². The zero-order valence-electron chi connectivity index (χ0n) is 14.8. The number of hydrogen-bond acceptors (Lipinski definition) is 4. The van der Waals surface area contributed by atoms with Crippen LogP contribution >= 0.6 is 11.6 Å². The van der Waals surface area contributed by atoms with Crippen molar-refractivity contribution in [3.63, 3.8) is 0 Å². The molecule has 1 saturated heterocycles. The molecule has 1 atom stereocenters. The number of sulfonamides is 2. The minimum atomic E-state index is -3.86. The molecule has 9 heteroatoms. The van der Waals surface area contributed by atoms with E-state index in [1.165, 1.54) is 40.7 Å². The lowest BCUT2D eigenvalue weighted by Gasteiger charge is -2.30. The molecule has 2 aromatic rings. The highest BCUT2D eigenvalue weighted by atomic mass is 35.5. The van der Waals surface area contributed by atoms with Crippen LogP contribution in [0.3, 0.4) is 0 Å². The molecule has 6 nitrogen and oxygen atoms in total. The maximum Gasteiger partial charge on any atom is 0.263 e. The molecule has 146 valence electrons. The second kappa shape index (κ2) is 7.79. The molecule has 0 aliphatic carbocycles. The molecule has 0 saturated carbocycles. The fraction of sp³-hybridized carbons (Fsp3) is 0.333. The van der Waals surface area contributed by atoms with Crippen LogP contribution in [-0.2, 0) is 20.0 Å². The molecule has 0 radical (unpaired) electrons. The summed E-state index contributed by atoms with van der Waals surface area (Å²) in [4.78, 5) is 0.114. The summed E-state index contributed by atoms with van der Waals surface area (Å²) >= 11 is 5.95. The van der Waals surface area contributed by atoms with E-state index in [0.717, 1.165) is 12.8 Å². The Hall–Kier alpha value is -1.61. The molecule has 1 fully saturated rings. The van der Waals surface area contributed by atoms with Gasteiger partial charge in [0.25, 0.3) is 10.0 Å². The topological polar surface area (TPSA) is 83.6 Å². The average Bonchev–Trinajstić information content (AvgIpc) is 2.62. The van der Waals surface area contributed by atoms with Gasteiger partial charge in [-0.25, -0.2) is 16.8 Å². The Kier molecular flexibility index (Phi) is 5.81. The van der Waals surface area contributed by atoms with Crippen LogP contribution in [0.2, 0.25) is 5.02 Å². The molecule has 0 aromatic heterocycles. The van der Waals surface area contributed by atoms with E-state index in [1.807, 2.05) is 6.92 Å². The summed E-state index contributed by atoms with van der Waals surface area (Å²) in [6.45, 7) is 3.05. The number of hydrogen-bond donors (Lipinski definition) is 1. The highest BCUT2D eigenvalue weighted by molar-refractivity contribution is 7.92. The van der Waals surface area contributed by atoms with Crippen LogP contribution in [0.1, 0.15) is 19.8 Å². The molecule has 0 amide bonds. The summed E-state index contributed by atoms with van der Waals surface area (Å²) in [5, 5.41) is 0.114. The minimum absolute atomic E-state index is 0.0364. The van der Waals surface area contributed by atoms with Crippen LogP contribution in [0.4, 0.5) is 5.69 Å². The normalized spacial score (nSPS) is 19.0. The standard InChI is InChI=1S/C18H21ClN2O4S2/c1-14-5-4-12-21(13-14)27(24,25)16-10-8-15(9-11-16)20-26(22,23)18-7-3-2-6-17(18)19/h2-3,6-11,14,20H,4-5,12-13H2,1H3. The largest absolute Gasteiger partial charge is 0.280 e. The van der Waals surface area contributed by atoms with Crippen LogP contribution in [0.25, 0.3) is 0 Å². The fourth-order valence-electron chi connectivity index (χ4n) is 3.08. The lowest BCUT2D eigenvalue weighted by atomic mass is 10.0. The van der Waals surface area contributed by atoms with Crippen molar-refractivity contribution in [1.82, 2.24) is 4.31 Å². The van der Waals surface area contributed by atoms with Crippen molar-refractivity contribution >= 4 is 37.3 Å². The van der Waals surface area contributed by atoms with Crippen LogP contribution in [0, 0.1) is 5.92 Å². The van der Waals surface area contributed by atoms with Gasteiger partial charge < -0.3 is 0 Å². The Labute approximate surface area is 165 Å². The third-order valence-electron chi connectivity index (χ3n) is 4.49. The first kappa shape index (κ1) is 20.1. The summed E-state index contributed by atoms with van der Waals surface area (Å²) < 4.78 is 54.4. The zero-order chi connectivity index (χ0) is 19.7. The minimum Gasteiger partial charge on any atom is -0.280 e. The monoisotopic (exact) mass is 428 g/mol. The van der Waals surface area contributed by atoms with Crippen molar-refractivity contribution in [1.29, 1.82) is 0 Å². The van der Waals surface area contributed by atoms with Gasteiger partial charge in [-0.05, 0) is 55.2 Å². The SMILES string of the molecule is CC1CCCN(S(=O)(=O)c2ccc(NS(=O)(=O)c3ccccc3Cl)cc2)C1. The third kappa shape index (κ3) is 4.45. The second-order valence-electron chi connectivity index (χ2n) is 6.67. The first-order chi connectivity index (χ1) is 12.7. The zero-order valence-corrected chi connectivity index (χ0v) is 17.2. The van der Waals surface area contributed by atoms with Crippen molar-refractivity contribution in [3.8, 4) is 0 Å². The predicted octanol–water partition coefficient (Wildman–Crippen LogP) is 3.56. The van der Waals surface area contributed by atoms with E-state index in [2.05, 4.69) is 4.72 Å². The molecule has 0 spiro atoms. The quantitative estimate of drug-likeness (QED) is 0.789.